The number of rotatable bonds is 5. The molecule has 0 aliphatic carbocycles. The smallest absolute Gasteiger partial charge is 0.221 e. The van der Waals surface area contributed by atoms with Crippen molar-refractivity contribution in [3.05, 3.63) is 15.6 Å². The molecule has 5 heteroatoms. The summed E-state index contributed by atoms with van der Waals surface area (Å²) in [6.45, 7) is 5.52. The highest BCUT2D eigenvalue weighted by molar-refractivity contribution is 7.11. The van der Waals surface area contributed by atoms with Crippen LogP contribution in [0.3, 0.4) is 0 Å². The SMILES string of the molecule is CNC(=O)CCNCc1sc(C)nc1C. The molecule has 1 amide bonds. The minimum absolute atomic E-state index is 0.0692. The summed E-state index contributed by atoms with van der Waals surface area (Å²) in [6, 6.07) is 0. The maximum atomic E-state index is 10.9. The minimum Gasteiger partial charge on any atom is -0.359 e. The third kappa shape index (κ3) is 3.97. The lowest BCUT2D eigenvalue weighted by Crippen LogP contribution is -2.24. The van der Waals surface area contributed by atoms with Crippen LogP contribution in [-0.4, -0.2) is 24.5 Å². The minimum atomic E-state index is 0.0692. The lowest BCUT2D eigenvalue weighted by atomic mass is 10.3. The number of carbonyl (C=O) groups is 1. The Morgan fingerprint density at radius 3 is 2.73 bits per heavy atom. The van der Waals surface area contributed by atoms with E-state index in [1.54, 1.807) is 18.4 Å². The topological polar surface area (TPSA) is 54.0 Å². The summed E-state index contributed by atoms with van der Waals surface area (Å²) < 4.78 is 0. The van der Waals surface area contributed by atoms with Gasteiger partial charge >= 0.3 is 0 Å². The van der Waals surface area contributed by atoms with E-state index in [2.05, 4.69) is 15.6 Å². The largest absolute Gasteiger partial charge is 0.359 e. The number of hydrogen-bond donors (Lipinski definition) is 2. The van der Waals surface area contributed by atoms with Gasteiger partial charge in [0, 0.05) is 31.4 Å². The molecule has 1 rings (SSSR count). The van der Waals surface area contributed by atoms with Gasteiger partial charge in [-0.15, -0.1) is 11.3 Å². The van der Waals surface area contributed by atoms with Crippen LogP contribution in [0, 0.1) is 13.8 Å². The molecule has 0 radical (unpaired) electrons. The van der Waals surface area contributed by atoms with E-state index in [4.69, 9.17) is 0 Å². The number of aryl methyl sites for hydroxylation is 2. The van der Waals surface area contributed by atoms with Crippen molar-refractivity contribution in [2.45, 2.75) is 26.8 Å². The van der Waals surface area contributed by atoms with E-state index in [-0.39, 0.29) is 5.91 Å². The van der Waals surface area contributed by atoms with Gasteiger partial charge in [-0.3, -0.25) is 4.79 Å². The van der Waals surface area contributed by atoms with E-state index >= 15 is 0 Å². The highest BCUT2D eigenvalue weighted by Gasteiger charge is 2.04. The maximum Gasteiger partial charge on any atom is 0.221 e. The molecule has 1 aromatic rings. The molecule has 0 aliphatic rings. The Hall–Kier alpha value is -0.940. The molecule has 15 heavy (non-hydrogen) atoms. The van der Waals surface area contributed by atoms with Crippen LogP contribution < -0.4 is 10.6 Å². The highest BCUT2D eigenvalue weighted by atomic mass is 32.1. The van der Waals surface area contributed by atoms with E-state index in [1.165, 1.54) is 4.88 Å². The number of aromatic nitrogens is 1. The summed E-state index contributed by atoms with van der Waals surface area (Å²) in [5.41, 5.74) is 1.09. The number of carbonyl (C=O) groups excluding carboxylic acids is 1. The van der Waals surface area contributed by atoms with Crippen molar-refractivity contribution >= 4 is 17.2 Å². The lowest BCUT2D eigenvalue weighted by Gasteiger charge is -2.02. The molecular weight excluding hydrogens is 210 g/mol. The van der Waals surface area contributed by atoms with Crippen molar-refractivity contribution in [3.63, 3.8) is 0 Å². The third-order valence-corrected chi connectivity index (χ3v) is 3.17. The monoisotopic (exact) mass is 227 g/mol. The van der Waals surface area contributed by atoms with Gasteiger partial charge in [-0.2, -0.15) is 0 Å². The predicted octanol–water partition coefficient (Wildman–Crippen LogP) is 0.986. The van der Waals surface area contributed by atoms with Crippen LogP contribution >= 0.6 is 11.3 Å². The summed E-state index contributed by atoms with van der Waals surface area (Å²) in [4.78, 5) is 16.5. The number of nitrogens with zero attached hydrogens (tertiary/aromatic N) is 1. The lowest BCUT2D eigenvalue weighted by molar-refractivity contribution is -0.120. The van der Waals surface area contributed by atoms with Crippen LogP contribution in [0.1, 0.15) is 22.0 Å². The number of hydrogen-bond acceptors (Lipinski definition) is 4. The first-order valence-corrected chi connectivity index (χ1v) is 5.79. The second-order valence-corrected chi connectivity index (χ2v) is 4.63. The van der Waals surface area contributed by atoms with Crippen LogP contribution in [0.5, 0.6) is 0 Å². The summed E-state index contributed by atoms with van der Waals surface area (Å²) in [7, 11) is 1.65. The summed E-state index contributed by atoms with van der Waals surface area (Å²) in [6.07, 6.45) is 0.521. The summed E-state index contributed by atoms with van der Waals surface area (Å²) >= 11 is 1.70. The molecule has 0 fully saturated rings. The van der Waals surface area contributed by atoms with Gasteiger partial charge in [0.05, 0.1) is 10.7 Å². The van der Waals surface area contributed by atoms with Crippen LogP contribution in [0.15, 0.2) is 0 Å². The molecule has 84 valence electrons. The first-order valence-electron chi connectivity index (χ1n) is 4.97. The predicted molar refractivity (Wildman–Crippen MR) is 62.0 cm³/mol. The first kappa shape index (κ1) is 12.1. The van der Waals surface area contributed by atoms with Crippen LogP contribution in [0.25, 0.3) is 0 Å². The van der Waals surface area contributed by atoms with Gasteiger partial charge in [0.1, 0.15) is 0 Å². The zero-order chi connectivity index (χ0) is 11.3. The van der Waals surface area contributed by atoms with Crippen molar-refractivity contribution < 1.29 is 4.79 Å². The van der Waals surface area contributed by atoms with Gasteiger partial charge in [-0.25, -0.2) is 4.98 Å². The molecule has 1 aromatic heterocycles. The molecule has 0 unspecified atom stereocenters. The molecule has 0 aliphatic heterocycles. The molecule has 0 aromatic carbocycles. The quantitative estimate of drug-likeness (QED) is 0.737. The van der Waals surface area contributed by atoms with Crippen molar-refractivity contribution in [2.75, 3.05) is 13.6 Å². The Kier molecular flexibility index (Phi) is 4.71. The van der Waals surface area contributed by atoms with Crippen LogP contribution in [0.2, 0.25) is 0 Å². The Balaban J connectivity index is 2.26. The molecule has 1 heterocycles. The van der Waals surface area contributed by atoms with Gasteiger partial charge in [-0.1, -0.05) is 0 Å². The number of nitrogens with one attached hydrogen (secondary N) is 2. The Labute approximate surface area is 94.1 Å². The molecule has 0 saturated carbocycles. The van der Waals surface area contributed by atoms with Crippen molar-refractivity contribution in [1.29, 1.82) is 0 Å². The third-order valence-electron chi connectivity index (χ3n) is 2.09. The number of amides is 1. The average Bonchev–Trinajstić information content (AvgIpc) is 2.52. The summed E-state index contributed by atoms with van der Waals surface area (Å²) in [5.74, 6) is 0.0692. The fourth-order valence-electron chi connectivity index (χ4n) is 1.27. The van der Waals surface area contributed by atoms with Gasteiger partial charge in [0.25, 0.3) is 0 Å². The normalized spacial score (nSPS) is 10.3. The zero-order valence-corrected chi connectivity index (χ0v) is 10.2. The molecular formula is C10H17N3OS. The number of thiazole rings is 1. The molecule has 4 nitrogen and oxygen atoms in total. The second-order valence-electron chi connectivity index (χ2n) is 3.34. The van der Waals surface area contributed by atoms with E-state index in [0.29, 0.717) is 13.0 Å². The van der Waals surface area contributed by atoms with Crippen molar-refractivity contribution in [2.24, 2.45) is 0 Å². The average molecular weight is 227 g/mol. The van der Waals surface area contributed by atoms with E-state index in [9.17, 15) is 4.79 Å². The van der Waals surface area contributed by atoms with E-state index in [0.717, 1.165) is 17.2 Å². The maximum absolute atomic E-state index is 10.9. The van der Waals surface area contributed by atoms with Crippen molar-refractivity contribution in [3.8, 4) is 0 Å². The van der Waals surface area contributed by atoms with Gasteiger partial charge in [0.15, 0.2) is 0 Å². The van der Waals surface area contributed by atoms with Crippen molar-refractivity contribution in [1.82, 2.24) is 15.6 Å². The standard InChI is InChI=1S/C10H17N3OS/c1-7-9(15-8(2)13-7)6-12-5-4-10(14)11-3/h12H,4-6H2,1-3H3,(H,11,14). The molecule has 0 atom stereocenters. The highest BCUT2D eigenvalue weighted by Crippen LogP contribution is 2.16. The Bertz CT molecular complexity index is 335. The van der Waals surface area contributed by atoms with Crippen LogP contribution in [-0.2, 0) is 11.3 Å². The van der Waals surface area contributed by atoms with Crippen LogP contribution in [0.4, 0.5) is 0 Å². The molecule has 0 spiro atoms. The Morgan fingerprint density at radius 2 is 2.20 bits per heavy atom. The second kappa shape index (κ2) is 5.82. The summed E-state index contributed by atoms with van der Waals surface area (Å²) in [5, 5.41) is 6.91. The molecule has 0 saturated heterocycles. The zero-order valence-electron chi connectivity index (χ0n) is 9.39. The Morgan fingerprint density at radius 1 is 1.47 bits per heavy atom. The fourth-order valence-corrected chi connectivity index (χ4v) is 2.17. The van der Waals surface area contributed by atoms with Gasteiger partial charge < -0.3 is 10.6 Å². The molecule has 2 N–H and O–H groups in total. The van der Waals surface area contributed by atoms with E-state index < -0.39 is 0 Å². The molecule has 0 bridgehead atoms. The first-order chi connectivity index (χ1) is 7.13. The van der Waals surface area contributed by atoms with Gasteiger partial charge in [-0.05, 0) is 13.8 Å². The van der Waals surface area contributed by atoms with E-state index in [1.807, 2.05) is 13.8 Å². The van der Waals surface area contributed by atoms with Gasteiger partial charge in [0.2, 0.25) is 5.91 Å². The fraction of sp³-hybridized carbons (Fsp3) is 0.600.